The summed E-state index contributed by atoms with van der Waals surface area (Å²) in [6.07, 6.45) is 0.119. The third-order valence-electron chi connectivity index (χ3n) is 2.84. The SMILES string of the molecule is N#Cc1cccc(OCCC(=O)Nc2ccc(F)c(N)c2)c1. The summed E-state index contributed by atoms with van der Waals surface area (Å²) in [7, 11) is 0. The number of ether oxygens (including phenoxy) is 1. The van der Waals surface area contributed by atoms with Gasteiger partial charge >= 0.3 is 0 Å². The molecule has 22 heavy (non-hydrogen) atoms. The zero-order chi connectivity index (χ0) is 15.9. The van der Waals surface area contributed by atoms with Crippen LogP contribution in [0.2, 0.25) is 0 Å². The molecule has 0 heterocycles. The fraction of sp³-hybridized carbons (Fsp3) is 0.125. The summed E-state index contributed by atoms with van der Waals surface area (Å²) >= 11 is 0. The second-order valence-corrected chi connectivity index (χ2v) is 4.52. The molecular weight excluding hydrogens is 285 g/mol. The van der Waals surface area contributed by atoms with Crippen LogP contribution in [-0.4, -0.2) is 12.5 Å². The molecule has 112 valence electrons. The summed E-state index contributed by atoms with van der Waals surface area (Å²) in [6.45, 7) is 0.164. The molecule has 0 aliphatic heterocycles. The first kappa shape index (κ1) is 15.3. The van der Waals surface area contributed by atoms with Crippen molar-refractivity contribution in [1.82, 2.24) is 0 Å². The maximum atomic E-state index is 13.0. The molecule has 2 rings (SSSR count). The van der Waals surface area contributed by atoms with Crippen LogP contribution in [0.1, 0.15) is 12.0 Å². The second kappa shape index (κ2) is 7.09. The van der Waals surface area contributed by atoms with Gasteiger partial charge in [0, 0.05) is 5.69 Å². The van der Waals surface area contributed by atoms with Crippen LogP contribution in [0.3, 0.4) is 0 Å². The maximum absolute atomic E-state index is 13.0. The van der Waals surface area contributed by atoms with Crippen LogP contribution in [0.15, 0.2) is 42.5 Å². The number of hydrogen-bond donors (Lipinski definition) is 2. The molecule has 5 nitrogen and oxygen atoms in total. The number of nitrogens with two attached hydrogens (primary N) is 1. The standard InChI is InChI=1S/C16H14FN3O2/c17-14-5-4-12(9-15(14)19)20-16(21)6-7-22-13-3-1-2-11(8-13)10-18/h1-5,8-9H,6-7,19H2,(H,20,21). The van der Waals surface area contributed by atoms with Crippen LogP contribution >= 0.6 is 0 Å². The number of rotatable bonds is 5. The molecule has 6 heteroatoms. The van der Waals surface area contributed by atoms with Gasteiger partial charge in [0.05, 0.1) is 30.3 Å². The van der Waals surface area contributed by atoms with Crippen LogP contribution in [0.5, 0.6) is 5.75 Å². The van der Waals surface area contributed by atoms with Gasteiger partial charge in [0.2, 0.25) is 5.91 Å². The first-order valence-electron chi connectivity index (χ1n) is 6.56. The molecule has 0 aliphatic carbocycles. The highest BCUT2D eigenvalue weighted by molar-refractivity contribution is 5.91. The van der Waals surface area contributed by atoms with Gasteiger partial charge in [0.15, 0.2) is 0 Å². The number of nitriles is 1. The molecule has 0 aliphatic rings. The monoisotopic (exact) mass is 299 g/mol. The summed E-state index contributed by atoms with van der Waals surface area (Å²) in [4.78, 5) is 11.7. The van der Waals surface area contributed by atoms with E-state index < -0.39 is 5.82 Å². The van der Waals surface area contributed by atoms with Crippen molar-refractivity contribution in [3.63, 3.8) is 0 Å². The summed E-state index contributed by atoms with van der Waals surface area (Å²) in [6, 6.07) is 12.7. The Kier molecular flexibility index (Phi) is 4.94. The van der Waals surface area contributed by atoms with E-state index in [1.807, 2.05) is 6.07 Å². The predicted molar refractivity (Wildman–Crippen MR) is 80.7 cm³/mol. The molecule has 1 amide bonds. The van der Waals surface area contributed by atoms with Crippen molar-refractivity contribution in [2.75, 3.05) is 17.7 Å². The summed E-state index contributed by atoms with van der Waals surface area (Å²) < 4.78 is 18.4. The first-order valence-corrected chi connectivity index (χ1v) is 6.56. The molecule has 0 spiro atoms. The average Bonchev–Trinajstić information content (AvgIpc) is 2.51. The van der Waals surface area contributed by atoms with Crippen LogP contribution in [0.4, 0.5) is 15.8 Å². The molecule has 0 atom stereocenters. The molecule has 0 fully saturated rings. The van der Waals surface area contributed by atoms with E-state index in [2.05, 4.69) is 5.32 Å². The summed E-state index contributed by atoms with van der Waals surface area (Å²) in [5.41, 5.74) is 6.31. The van der Waals surface area contributed by atoms with Gasteiger partial charge in [-0.25, -0.2) is 4.39 Å². The summed E-state index contributed by atoms with van der Waals surface area (Å²) in [5, 5.41) is 11.4. The van der Waals surface area contributed by atoms with Crippen molar-refractivity contribution in [3.8, 4) is 11.8 Å². The molecule has 0 saturated carbocycles. The lowest BCUT2D eigenvalue weighted by atomic mass is 10.2. The van der Waals surface area contributed by atoms with E-state index in [0.717, 1.165) is 0 Å². The zero-order valence-electron chi connectivity index (χ0n) is 11.7. The van der Waals surface area contributed by atoms with E-state index in [9.17, 15) is 9.18 Å². The number of anilines is 2. The molecule has 0 bridgehead atoms. The van der Waals surface area contributed by atoms with Crippen LogP contribution < -0.4 is 15.8 Å². The van der Waals surface area contributed by atoms with Crippen molar-refractivity contribution in [2.24, 2.45) is 0 Å². The lowest BCUT2D eigenvalue weighted by Gasteiger charge is -2.08. The number of hydrogen-bond acceptors (Lipinski definition) is 4. The number of amides is 1. The van der Waals surface area contributed by atoms with Crippen molar-refractivity contribution in [3.05, 3.63) is 53.8 Å². The van der Waals surface area contributed by atoms with Gasteiger partial charge in [-0.3, -0.25) is 4.79 Å². The Hall–Kier alpha value is -3.07. The van der Waals surface area contributed by atoms with E-state index in [-0.39, 0.29) is 24.6 Å². The largest absolute Gasteiger partial charge is 0.493 e. The highest BCUT2D eigenvalue weighted by Gasteiger charge is 2.05. The van der Waals surface area contributed by atoms with E-state index in [4.69, 9.17) is 15.7 Å². The Bertz CT molecular complexity index is 726. The highest BCUT2D eigenvalue weighted by Crippen LogP contribution is 2.17. The van der Waals surface area contributed by atoms with Crippen LogP contribution in [0.25, 0.3) is 0 Å². The molecule has 3 N–H and O–H groups in total. The minimum atomic E-state index is -0.529. The molecular formula is C16H14FN3O2. The minimum Gasteiger partial charge on any atom is -0.493 e. The summed E-state index contributed by atoms with van der Waals surface area (Å²) in [5.74, 6) is -0.279. The van der Waals surface area contributed by atoms with Gasteiger partial charge in [0.1, 0.15) is 11.6 Å². The Morgan fingerprint density at radius 2 is 2.14 bits per heavy atom. The maximum Gasteiger partial charge on any atom is 0.227 e. The number of nitrogens with one attached hydrogen (secondary N) is 1. The molecule has 2 aromatic rings. The lowest BCUT2D eigenvalue weighted by Crippen LogP contribution is -2.15. The molecule has 0 radical (unpaired) electrons. The van der Waals surface area contributed by atoms with Gasteiger partial charge < -0.3 is 15.8 Å². The minimum absolute atomic E-state index is 0.0256. The molecule has 2 aromatic carbocycles. The van der Waals surface area contributed by atoms with Crippen LogP contribution in [-0.2, 0) is 4.79 Å². The Morgan fingerprint density at radius 3 is 2.86 bits per heavy atom. The van der Waals surface area contributed by atoms with Crippen molar-refractivity contribution >= 4 is 17.3 Å². The van der Waals surface area contributed by atoms with E-state index in [1.54, 1.807) is 24.3 Å². The molecule has 0 aromatic heterocycles. The normalized spacial score (nSPS) is 9.82. The van der Waals surface area contributed by atoms with E-state index in [1.165, 1.54) is 18.2 Å². The Morgan fingerprint density at radius 1 is 1.32 bits per heavy atom. The van der Waals surface area contributed by atoms with Gasteiger partial charge in [-0.1, -0.05) is 6.07 Å². The third-order valence-corrected chi connectivity index (χ3v) is 2.84. The van der Waals surface area contributed by atoms with Gasteiger partial charge in [-0.05, 0) is 36.4 Å². The van der Waals surface area contributed by atoms with Crippen molar-refractivity contribution < 1.29 is 13.9 Å². The third kappa shape index (κ3) is 4.21. The zero-order valence-corrected chi connectivity index (χ0v) is 11.7. The van der Waals surface area contributed by atoms with Gasteiger partial charge in [-0.15, -0.1) is 0 Å². The molecule has 0 unspecified atom stereocenters. The fourth-order valence-electron chi connectivity index (χ4n) is 1.76. The fourth-order valence-corrected chi connectivity index (χ4v) is 1.76. The van der Waals surface area contributed by atoms with E-state index >= 15 is 0 Å². The number of nitrogen functional groups attached to an aromatic ring is 1. The smallest absolute Gasteiger partial charge is 0.227 e. The topological polar surface area (TPSA) is 88.1 Å². The number of benzene rings is 2. The number of nitrogens with zero attached hydrogens (tertiary/aromatic N) is 1. The molecule has 0 saturated heterocycles. The van der Waals surface area contributed by atoms with Crippen LogP contribution in [0, 0.1) is 17.1 Å². The Labute approximate surface area is 127 Å². The van der Waals surface area contributed by atoms with Crippen molar-refractivity contribution in [1.29, 1.82) is 5.26 Å². The average molecular weight is 299 g/mol. The van der Waals surface area contributed by atoms with Gasteiger partial charge in [0.25, 0.3) is 0 Å². The predicted octanol–water partition coefficient (Wildman–Crippen LogP) is 2.69. The second-order valence-electron chi connectivity index (χ2n) is 4.52. The van der Waals surface area contributed by atoms with Crippen molar-refractivity contribution in [2.45, 2.75) is 6.42 Å². The highest BCUT2D eigenvalue weighted by atomic mass is 19.1. The first-order chi connectivity index (χ1) is 10.6. The Balaban J connectivity index is 1.82. The number of halogens is 1. The quantitative estimate of drug-likeness (QED) is 0.831. The van der Waals surface area contributed by atoms with Gasteiger partial charge in [-0.2, -0.15) is 5.26 Å². The van der Waals surface area contributed by atoms with E-state index in [0.29, 0.717) is 17.0 Å². The number of carbonyl (C=O) groups is 1. The lowest BCUT2D eigenvalue weighted by molar-refractivity contribution is -0.116. The number of carbonyl (C=O) groups excluding carboxylic acids is 1.